The van der Waals surface area contributed by atoms with Gasteiger partial charge in [0.25, 0.3) is 0 Å². The summed E-state index contributed by atoms with van der Waals surface area (Å²) in [4.78, 5) is 0.531. The van der Waals surface area contributed by atoms with Gasteiger partial charge < -0.3 is 5.32 Å². The first-order valence-electron chi connectivity index (χ1n) is 7.29. The molecule has 1 aromatic rings. The number of sulfone groups is 1. The molecule has 2 heterocycles. The number of thioether (sulfide) groups is 1. The lowest BCUT2D eigenvalue weighted by atomic mass is 9.99. The minimum atomic E-state index is -3.06. The Morgan fingerprint density at radius 1 is 1.15 bits per heavy atom. The average Bonchev–Trinajstić information content (AvgIpc) is 2.48. The van der Waals surface area contributed by atoms with Crippen molar-refractivity contribution in [2.75, 3.05) is 23.8 Å². The molecule has 0 aliphatic carbocycles. The van der Waals surface area contributed by atoms with E-state index in [0.29, 0.717) is 11.3 Å². The number of nitrogens with one attached hydrogen (secondary N) is 1. The molecule has 1 atom stereocenters. The minimum Gasteiger partial charge on any atom is -0.310 e. The SMILES string of the molecule is O=S1(=O)CCC(NCC2CCSCC2)c2ccccc21. The molecule has 1 unspecified atom stereocenters. The molecule has 5 heteroatoms. The number of hydrogen-bond acceptors (Lipinski definition) is 4. The molecular formula is C15H21NO2S2. The van der Waals surface area contributed by atoms with Gasteiger partial charge in [0.15, 0.2) is 9.84 Å². The van der Waals surface area contributed by atoms with E-state index in [-0.39, 0.29) is 11.8 Å². The quantitative estimate of drug-likeness (QED) is 0.932. The van der Waals surface area contributed by atoms with Crippen molar-refractivity contribution in [3.63, 3.8) is 0 Å². The second-order valence-electron chi connectivity index (χ2n) is 5.66. The van der Waals surface area contributed by atoms with Crippen LogP contribution < -0.4 is 5.32 Å². The predicted octanol–water partition coefficient (Wildman–Crippen LogP) is 2.64. The normalized spacial score (nSPS) is 26.1. The van der Waals surface area contributed by atoms with Gasteiger partial charge in [0, 0.05) is 6.04 Å². The lowest BCUT2D eigenvalue weighted by Crippen LogP contribution is -2.33. The van der Waals surface area contributed by atoms with Crippen molar-refractivity contribution in [2.24, 2.45) is 5.92 Å². The Balaban J connectivity index is 1.71. The third-order valence-corrected chi connectivity index (χ3v) is 7.16. The highest BCUT2D eigenvalue weighted by molar-refractivity contribution is 7.99. The van der Waals surface area contributed by atoms with Crippen molar-refractivity contribution in [1.29, 1.82) is 0 Å². The first-order chi connectivity index (χ1) is 9.67. The van der Waals surface area contributed by atoms with Crippen molar-refractivity contribution in [2.45, 2.75) is 30.2 Å². The van der Waals surface area contributed by atoms with Gasteiger partial charge in [-0.3, -0.25) is 0 Å². The Morgan fingerprint density at radius 2 is 1.90 bits per heavy atom. The first kappa shape index (κ1) is 14.4. The summed E-state index contributed by atoms with van der Waals surface area (Å²) in [6.45, 7) is 1.01. The fourth-order valence-electron chi connectivity index (χ4n) is 3.06. The molecule has 2 aliphatic heterocycles. The molecule has 0 amide bonds. The van der Waals surface area contributed by atoms with Gasteiger partial charge >= 0.3 is 0 Å². The molecule has 20 heavy (non-hydrogen) atoms. The second kappa shape index (κ2) is 6.08. The summed E-state index contributed by atoms with van der Waals surface area (Å²) >= 11 is 2.04. The highest BCUT2D eigenvalue weighted by Gasteiger charge is 2.30. The van der Waals surface area contributed by atoms with Gasteiger partial charge in [-0.25, -0.2) is 8.42 Å². The van der Waals surface area contributed by atoms with Gasteiger partial charge in [-0.15, -0.1) is 0 Å². The van der Waals surface area contributed by atoms with E-state index in [1.807, 2.05) is 30.0 Å². The number of fused-ring (bicyclic) bond motifs is 1. The predicted molar refractivity (Wildman–Crippen MR) is 83.9 cm³/mol. The van der Waals surface area contributed by atoms with Crippen molar-refractivity contribution in [1.82, 2.24) is 5.32 Å². The average molecular weight is 311 g/mol. The number of rotatable bonds is 3. The largest absolute Gasteiger partial charge is 0.310 e. The van der Waals surface area contributed by atoms with Crippen LogP contribution in [0.1, 0.15) is 30.9 Å². The Kier molecular flexibility index (Phi) is 4.38. The summed E-state index contributed by atoms with van der Waals surface area (Å²) in [5, 5.41) is 3.61. The van der Waals surface area contributed by atoms with Crippen LogP contribution in [0.15, 0.2) is 29.2 Å². The van der Waals surface area contributed by atoms with E-state index in [2.05, 4.69) is 5.32 Å². The molecule has 110 valence electrons. The van der Waals surface area contributed by atoms with E-state index in [4.69, 9.17) is 0 Å². The smallest absolute Gasteiger partial charge is 0.178 e. The lowest BCUT2D eigenvalue weighted by molar-refractivity contribution is 0.399. The van der Waals surface area contributed by atoms with Gasteiger partial charge in [-0.1, -0.05) is 18.2 Å². The van der Waals surface area contributed by atoms with Crippen LogP contribution in [-0.4, -0.2) is 32.2 Å². The number of hydrogen-bond donors (Lipinski definition) is 1. The molecule has 0 saturated carbocycles. The number of benzene rings is 1. The van der Waals surface area contributed by atoms with Crippen LogP contribution in [0.5, 0.6) is 0 Å². The van der Waals surface area contributed by atoms with E-state index in [0.717, 1.165) is 18.0 Å². The Hall–Kier alpha value is -0.520. The minimum absolute atomic E-state index is 0.198. The van der Waals surface area contributed by atoms with Crippen LogP contribution in [0, 0.1) is 5.92 Å². The highest BCUT2D eigenvalue weighted by Crippen LogP contribution is 2.32. The van der Waals surface area contributed by atoms with Crippen molar-refractivity contribution >= 4 is 21.6 Å². The molecule has 1 N–H and O–H groups in total. The molecule has 0 radical (unpaired) electrons. The lowest BCUT2D eigenvalue weighted by Gasteiger charge is -2.29. The standard InChI is InChI=1S/C15H21NO2S2/c17-20(18)10-7-14(13-3-1-2-4-15(13)20)16-11-12-5-8-19-9-6-12/h1-4,12,14,16H,5-11H2. The summed E-state index contributed by atoms with van der Waals surface area (Å²) < 4.78 is 24.2. The van der Waals surface area contributed by atoms with E-state index >= 15 is 0 Å². The monoisotopic (exact) mass is 311 g/mol. The van der Waals surface area contributed by atoms with E-state index < -0.39 is 9.84 Å². The van der Waals surface area contributed by atoms with Gasteiger partial charge in [0.05, 0.1) is 10.6 Å². The third-order valence-electron chi connectivity index (χ3n) is 4.30. The fourth-order valence-corrected chi connectivity index (χ4v) is 5.89. The van der Waals surface area contributed by atoms with Crippen LogP contribution in [0.25, 0.3) is 0 Å². The molecule has 0 spiro atoms. The Bertz CT molecular complexity index is 565. The molecule has 0 bridgehead atoms. The van der Waals surface area contributed by atoms with Crippen LogP contribution in [-0.2, 0) is 9.84 Å². The highest BCUT2D eigenvalue weighted by atomic mass is 32.2. The van der Waals surface area contributed by atoms with E-state index in [1.165, 1.54) is 24.3 Å². The topological polar surface area (TPSA) is 46.2 Å². The zero-order valence-corrected chi connectivity index (χ0v) is 13.2. The maximum atomic E-state index is 12.1. The van der Waals surface area contributed by atoms with Crippen LogP contribution in [0.3, 0.4) is 0 Å². The van der Waals surface area contributed by atoms with Crippen LogP contribution >= 0.6 is 11.8 Å². The van der Waals surface area contributed by atoms with E-state index in [1.54, 1.807) is 6.07 Å². The Labute approximate surface area is 125 Å². The van der Waals surface area contributed by atoms with Gasteiger partial charge in [-0.05, 0) is 54.9 Å². The maximum absolute atomic E-state index is 12.1. The molecule has 3 rings (SSSR count). The van der Waals surface area contributed by atoms with E-state index in [9.17, 15) is 8.42 Å². The zero-order valence-electron chi connectivity index (χ0n) is 11.5. The van der Waals surface area contributed by atoms with Gasteiger partial charge in [0.1, 0.15) is 0 Å². The van der Waals surface area contributed by atoms with Gasteiger partial charge in [-0.2, -0.15) is 11.8 Å². The molecule has 1 aromatic carbocycles. The third kappa shape index (κ3) is 3.05. The molecule has 1 fully saturated rings. The Morgan fingerprint density at radius 3 is 2.70 bits per heavy atom. The first-order valence-corrected chi connectivity index (χ1v) is 10.1. The molecule has 2 aliphatic rings. The second-order valence-corrected chi connectivity index (χ2v) is 8.96. The zero-order chi connectivity index (χ0) is 14.0. The summed E-state index contributed by atoms with van der Waals surface area (Å²) in [7, 11) is -3.06. The summed E-state index contributed by atoms with van der Waals surface area (Å²) in [5.74, 6) is 3.55. The molecular weight excluding hydrogens is 290 g/mol. The summed E-state index contributed by atoms with van der Waals surface area (Å²) in [6, 6.07) is 7.66. The molecule has 3 nitrogen and oxygen atoms in total. The van der Waals surface area contributed by atoms with Crippen LogP contribution in [0.2, 0.25) is 0 Å². The molecule has 1 saturated heterocycles. The summed E-state index contributed by atoms with van der Waals surface area (Å²) in [6.07, 6.45) is 3.26. The van der Waals surface area contributed by atoms with Gasteiger partial charge in [0.2, 0.25) is 0 Å². The van der Waals surface area contributed by atoms with Crippen molar-refractivity contribution < 1.29 is 8.42 Å². The summed E-state index contributed by atoms with van der Waals surface area (Å²) in [5.41, 5.74) is 0.962. The van der Waals surface area contributed by atoms with Crippen molar-refractivity contribution in [3.05, 3.63) is 29.8 Å². The van der Waals surface area contributed by atoms with Crippen LogP contribution in [0.4, 0.5) is 0 Å². The molecule has 0 aromatic heterocycles. The fraction of sp³-hybridized carbons (Fsp3) is 0.600. The maximum Gasteiger partial charge on any atom is 0.178 e. The van der Waals surface area contributed by atoms with Crippen molar-refractivity contribution in [3.8, 4) is 0 Å².